The van der Waals surface area contributed by atoms with E-state index in [9.17, 15) is 14.4 Å². The molecule has 1 N–H and O–H groups in total. The van der Waals surface area contributed by atoms with E-state index in [1.165, 1.54) is 6.92 Å². The number of carbonyl (C=O) groups excluding carboxylic acids is 3. The molecule has 0 saturated carbocycles. The summed E-state index contributed by atoms with van der Waals surface area (Å²) in [7, 11) is 0. The Morgan fingerprint density at radius 1 is 1.14 bits per heavy atom. The van der Waals surface area contributed by atoms with Crippen molar-refractivity contribution < 1.29 is 14.4 Å². The van der Waals surface area contributed by atoms with Gasteiger partial charge in [-0.05, 0) is 52.2 Å². The topological polar surface area (TPSA) is 66.5 Å². The van der Waals surface area contributed by atoms with Crippen LogP contribution in [0, 0.1) is 0 Å². The third kappa shape index (κ3) is 3.53. The third-order valence-electron chi connectivity index (χ3n) is 4.15. The minimum Gasteiger partial charge on any atom is -0.329 e. The van der Waals surface area contributed by atoms with Crippen molar-refractivity contribution in [1.82, 2.24) is 4.90 Å². The van der Waals surface area contributed by atoms with Crippen LogP contribution in [0.3, 0.4) is 0 Å². The number of likely N-dealkylation sites (tertiary alicyclic amines) is 1. The Labute approximate surface area is 130 Å². The molecule has 5 heteroatoms. The Balaban J connectivity index is 2.09. The van der Waals surface area contributed by atoms with Crippen molar-refractivity contribution in [3.05, 3.63) is 29.8 Å². The Morgan fingerprint density at radius 2 is 1.77 bits per heavy atom. The number of Topliss-reactive ketones (excluding diaryl/α,β-unsaturated/α-hetero) is 1. The molecule has 1 heterocycles. The highest BCUT2D eigenvalue weighted by Crippen LogP contribution is 2.23. The summed E-state index contributed by atoms with van der Waals surface area (Å²) in [6.07, 6.45) is 2.92. The number of hydrogen-bond donors (Lipinski definition) is 1. The fourth-order valence-electron chi connectivity index (χ4n) is 2.94. The van der Waals surface area contributed by atoms with Crippen LogP contribution in [-0.4, -0.2) is 34.6 Å². The second-order valence-corrected chi connectivity index (χ2v) is 5.93. The molecule has 2 rings (SSSR count). The Kier molecular flexibility index (Phi) is 4.96. The van der Waals surface area contributed by atoms with Crippen LogP contribution in [0.2, 0.25) is 0 Å². The van der Waals surface area contributed by atoms with Crippen LogP contribution in [0.5, 0.6) is 0 Å². The summed E-state index contributed by atoms with van der Waals surface area (Å²) < 4.78 is 0. The zero-order valence-corrected chi connectivity index (χ0v) is 13.3. The summed E-state index contributed by atoms with van der Waals surface area (Å²) in [5, 5.41) is 2.59. The molecule has 0 aliphatic carbocycles. The van der Waals surface area contributed by atoms with E-state index in [-0.39, 0.29) is 17.9 Å². The van der Waals surface area contributed by atoms with E-state index in [1.54, 1.807) is 29.2 Å². The molecule has 22 heavy (non-hydrogen) atoms. The van der Waals surface area contributed by atoms with Crippen LogP contribution >= 0.6 is 0 Å². The third-order valence-corrected chi connectivity index (χ3v) is 4.15. The molecular weight excluding hydrogens is 280 g/mol. The molecule has 2 unspecified atom stereocenters. The first-order valence-corrected chi connectivity index (χ1v) is 7.64. The molecule has 5 nitrogen and oxygen atoms in total. The highest BCUT2D eigenvalue weighted by Gasteiger charge is 2.32. The maximum absolute atomic E-state index is 12.4. The van der Waals surface area contributed by atoms with E-state index in [1.807, 2.05) is 13.8 Å². The first-order chi connectivity index (χ1) is 10.4. The van der Waals surface area contributed by atoms with E-state index in [2.05, 4.69) is 5.32 Å². The average molecular weight is 302 g/mol. The molecule has 1 aliphatic rings. The molecule has 1 fully saturated rings. The van der Waals surface area contributed by atoms with Gasteiger partial charge in [-0.1, -0.05) is 12.1 Å². The summed E-state index contributed by atoms with van der Waals surface area (Å²) in [6.45, 7) is 5.40. The second-order valence-electron chi connectivity index (χ2n) is 5.93. The normalized spacial score (nSPS) is 21.3. The summed E-state index contributed by atoms with van der Waals surface area (Å²) >= 11 is 0. The Hall–Kier alpha value is -2.17. The molecular formula is C17H22N2O3. The molecule has 0 spiro atoms. The largest absolute Gasteiger partial charge is 0.329 e. The van der Waals surface area contributed by atoms with Crippen LogP contribution < -0.4 is 5.32 Å². The van der Waals surface area contributed by atoms with Gasteiger partial charge in [-0.3, -0.25) is 14.4 Å². The highest BCUT2D eigenvalue weighted by atomic mass is 16.2. The molecule has 0 aromatic heterocycles. The second kappa shape index (κ2) is 6.73. The average Bonchev–Trinajstić information content (AvgIpc) is 2.47. The smallest absolute Gasteiger partial charge is 0.313 e. The number of anilines is 1. The van der Waals surface area contributed by atoms with Crippen molar-refractivity contribution in [2.24, 2.45) is 0 Å². The molecule has 2 amide bonds. The fourth-order valence-corrected chi connectivity index (χ4v) is 2.94. The molecule has 2 atom stereocenters. The standard InChI is InChI=1S/C17H22N2O3/c1-11-6-4-7-12(2)19(11)17(22)16(21)18-15-9-5-8-14(10-15)13(3)20/h5,8-12H,4,6-7H2,1-3H3,(H,18,21). The summed E-state index contributed by atoms with van der Waals surface area (Å²) in [4.78, 5) is 37.6. The van der Waals surface area contributed by atoms with E-state index < -0.39 is 11.8 Å². The van der Waals surface area contributed by atoms with Gasteiger partial charge < -0.3 is 10.2 Å². The van der Waals surface area contributed by atoms with Gasteiger partial charge in [0.25, 0.3) is 0 Å². The van der Waals surface area contributed by atoms with E-state index >= 15 is 0 Å². The molecule has 1 aliphatic heterocycles. The van der Waals surface area contributed by atoms with Crippen LogP contribution in [-0.2, 0) is 9.59 Å². The van der Waals surface area contributed by atoms with E-state index in [4.69, 9.17) is 0 Å². The molecule has 118 valence electrons. The first-order valence-electron chi connectivity index (χ1n) is 7.64. The Bertz CT molecular complexity index is 587. The molecule has 0 bridgehead atoms. The van der Waals surface area contributed by atoms with Crippen LogP contribution in [0.1, 0.15) is 50.4 Å². The summed E-state index contributed by atoms with van der Waals surface area (Å²) in [5.74, 6) is -1.24. The number of ketones is 1. The van der Waals surface area contributed by atoms with E-state index in [0.717, 1.165) is 19.3 Å². The fraction of sp³-hybridized carbons (Fsp3) is 0.471. The first kappa shape index (κ1) is 16.2. The lowest BCUT2D eigenvalue weighted by molar-refractivity contribution is -0.147. The van der Waals surface area contributed by atoms with Crippen LogP contribution in [0.25, 0.3) is 0 Å². The number of amides is 2. The summed E-state index contributed by atoms with van der Waals surface area (Å²) in [5.41, 5.74) is 0.966. The predicted octanol–water partition coefficient (Wildman–Crippen LogP) is 2.62. The molecule has 0 radical (unpaired) electrons. The van der Waals surface area contributed by atoms with Crippen molar-refractivity contribution >= 4 is 23.3 Å². The molecule has 1 aromatic carbocycles. The van der Waals surface area contributed by atoms with Gasteiger partial charge in [0.1, 0.15) is 0 Å². The predicted molar refractivity (Wildman–Crippen MR) is 84.7 cm³/mol. The number of hydrogen-bond acceptors (Lipinski definition) is 3. The van der Waals surface area contributed by atoms with Gasteiger partial charge in [-0.15, -0.1) is 0 Å². The number of rotatable bonds is 2. The minimum absolute atomic E-state index is 0.0746. The quantitative estimate of drug-likeness (QED) is 0.674. The van der Waals surface area contributed by atoms with Crippen LogP contribution in [0.4, 0.5) is 5.69 Å². The van der Waals surface area contributed by atoms with Gasteiger partial charge in [0, 0.05) is 23.3 Å². The lowest BCUT2D eigenvalue weighted by Gasteiger charge is -2.38. The van der Waals surface area contributed by atoms with Gasteiger partial charge in [-0.25, -0.2) is 0 Å². The monoisotopic (exact) mass is 302 g/mol. The number of nitrogens with zero attached hydrogens (tertiary/aromatic N) is 1. The van der Waals surface area contributed by atoms with Gasteiger partial charge in [0.2, 0.25) is 0 Å². The highest BCUT2D eigenvalue weighted by molar-refractivity contribution is 6.39. The SMILES string of the molecule is CC(=O)c1cccc(NC(=O)C(=O)N2C(C)CCCC2C)c1. The molecule has 1 aromatic rings. The van der Waals surface area contributed by atoms with Crippen molar-refractivity contribution in [1.29, 1.82) is 0 Å². The lowest BCUT2D eigenvalue weighted by atomic mass is 9.97. The molecule has 1 saturated heterocycles. The number of nitrogens with one attached hydrogen (secondary N) is 1. The van der Waals surface area contributed by atoms with Crippen molar-refractivity contribution in [2.75, 3.05) is 5.32 Å². The maximum atomic E-state index is 12.4. The van der Waals surface area contributed by atoms with Gasteiger partial charge >= 0.3 is 11.8 Å². The zero-order valence-electron chi connectivity index (χ0n) is 13.3. The van der Waals surface area contributed by atoms with Gasteiger partial charge in [-0.2, -0.15) is 0 Å². The Morgan fingerprint density at radius 3 is 2.36 bits per heavy atom. The number of benzene rings is 1. The van der Waals surface area contributed by atoms with E-state index in [0.29, 0.717) is 11.3 Å². The zero-order chi connectivity index (χ0) is 16.3. The maximum Gasteiger partial charge on any atom is 0.313 e. The minimum atomic E-state index is -0.652. The van der Waals surface area contributed by atoms with Crippen molar-refractivity contribution in [2.45, 2.75) is 52.1 Å². The van der Waals surface area contributed by atoms with Gasteiger partial charge in [0.15, 0.2) is 5.78 Å². The lowest BCUT2D eigenvalue weighted by Crippen LogP contribution is -2.51. The van der Waals surface area contributed by atoms with Crippen LogP contribution in [0.15, 0.2) is 24.3 Å². The van der Waals surface area contributed by atoms with Crippen molar-refractivity contribution in [3.63, 3.8) is 0 Å². The number of carbonyl (C=O) groups is 3. The summed E-state index contributed by atoms with van der Waals surface area (Å²) in [6, 6.07) is 6.76. The van der Waals surface area contributed by atoms with Crippen molar-refractivity contribution in [3.8, 4) is 0 Å². The number of piperidine rings is 1. The van der Waals surface area contributed by atoms with Gasteiger partial charge in [0.05, 0.1) is 0 Å².